The molecular formula is C20H29Cl2N3O3. The minimum absolute atomic E-state index is 0.0950. The van der Waals surface area contributed by atoms with Gasteiger partial charge in [0.05, 0.1) is 17.1 Å². The van der Waals surface area contributed by atoms with Gasteiger partial charge in [0.2, 0.25) is 11.8 Å². The zero-order chi connectivity index (χ0) is 21.6. The number of nitrogens with one attached hydrogen (secondary N) is 2. The Labute approximate surface area is 176 Å². The van der Waals surface area contributed by atoms with Crippen LogP contribution in [0.15, 0.2) is 18.2 Å². The minimum Gasteiger partial charge on any atom is -0.350 e. The zero-order valence-corrected chi connectivity index (χ0v) is 18.7. The van der Waals surface area contributed by atoms with Gasteiger partial charge in [0, 0.05) is 17.6 Å². The normalized spacial score (nSPS) is 12.5. The van der Waals surface area contributed by atoms with Crippen molar-refractivity contribution < 1.29 is 14.4 Å². The van der Waals surface area contributed by atoms with Crippen molar-refractivity contribution in [3.8, 4) is 0 Å². The summed E-state index contributed by atoms with van der Waals surface area (Å²) in [4.78, 5) is 38.9. The highest BCUT2D eigenvalue weighted by molar-refractivity contribution is 6.36. The van der Waals surface area contributed by atoms with Crippen LogP contribution in [-0.4, -0.2) is 47.8 Å². The molecule has 28 heavy (non-hydrogen) atoms. The second kappa shape index (κ2) is 10.1. The maximum atomic E-state index is 12.9. The summed E-state index contributed by atoms with van der Waals surface area (Å²) >= 11 is 12.0. The molecule has 0 aliphatic rings. The molecule has 0 bridgehead atoms. The van der Waals surface area contributed by atoms with Crippen molar-refractivity contribution in [3.05, 3.63) is 33.8 Å². The fourth-order valence-electron chi connectivity index (χ4n) is 2.62. The van der Waals surface area contributed by atoms with Gasteiger partial charge in [0.15, 0.2) is 0 Å². The van der Waals surface area contributed by atoms with Crippen LogP contribution in [0.3, 0.4) is 0 Å². The average Bonchev–Trinajstić information content (AvgIpc) is 2.50. The van der Waals surface area contributed by atoms with E-state index in [0.29, 0.717) is 11.4 Å². The van der Waals surface area contributed by atoms with Crippen molar-refractivity contribution >= 4 is 40.9 Å². The van der Waals surface area contributed by atoms with Crippen LogP contribution in [0.4, 0.5) is 0 Å². The van der Waals surface area contributed by atoms with Crippen LogP contribution < -0.4 is 10.6 Å². The molecule has 1 rings (SSSR count). The molecule has 0 saturated heterocycles. The largest absolute Gasteiger partial charge is 0.350 e. The summed E-state index contributed by atoms with van der Waals surface area (Å²) in [6.45, 7) is 9.41. The molecule has 8 heteroatoms. The molecule has 0 aromatic heterocycles. The van der Waals surface area contributed by atoms with Crippen molar-refractivity contribution in [3.63, 3.8) is 0 Å². The Bertz CT molecular complexity index is 730. The van der Waals surface area contributed by atoms with Crippen molar-refractivity contribution in [2.45, 2.75) is 52.6 Å². The molecule has 1 aromatic rings. The predicted molar refractivity (Wildman–Crippen MR) is 113 cm³/mol. The quantitative estimate of drug-likeness (QED) is 0.695. The second-order valence-corrected chi connectivity index (χ2v) is 9.12. The van der Waals surface area contributed by atoms with Crippen molar-refractivity contribution in [2.24, 2.45) is 5.92 Å². The molecule has 0 aliphatic carbocycles. The summed E-state index contributed by atoms with van der Waals surface area (Å²) in [6, 6.07) is 3.77. The maximum Gasteiger partial charge on any atom is 0.253 e. The van der Waals surface area contributed by atoms with Gasteiger partial charge in [0.1, 0.15) is 6.04 Å². The Hall–Kier alpha value is -1.79. The lowest BCUT2D eigenvalue weighted by atomic mass is 10.0. The number of carbonyl (C=O) groups is 3. The summed E-state index contributed by atoms with van der Waals surface area (Å²) in [5.74, 6) is -0.908. The summed E-state index contributed by atoms with van der Waals surface area (Å²) in [7, 11) is 1.54. The Kier molecular flexibility index (Phi) is 8.76. The smallest absolute Gasteiger partial charge is 0.253 e. The standard InChI is InChI=1S/C20H29Cl2N3O3/c1-12(2)9-16(19(28)25(6)11-17(26)24-20(3,4)5)23-18(27)14-8-7-13(21)10-15(14)22/h7-8,10,12,16H,9,11H2,1-6H3,(H,23,27)(H,24,26)/t16-/m0/s1. The van der Waals surface area contributed by atoms with E-state index in [0.717, 1.165) is 0 Å². The van der Waals surface area contributed by atoms with Gasteiger partial charge in [-0.25, -0.2) is 0 Å². The van der Waals surface area contributed by atoms with E-state index in [-0.39, 0.29) is 34.9 Å². The van der Waals surface area contributed by atoms with Crippen LogP contribution in [0.25, 0.3) is 0 Å². The van der Waals surface area contributed by atoms with E-state index in [4.69, 9.17) is 23.2 Å². The number of amides is 3. The molecule has 0 saturated carbocycles. The van der Waals surface area contributed by atoms with Crippen LogP contribution in [0.1, 0.15) is 51.4 Å². The molecule has 0 unspecified atom stereocenters. The van der Waals surface area contributed by atoms with E-state index in [9.17, 15) is 14.4 Å². The van der Waals surface area contributed by atoms with E-state index in [2.05, 4.69) is 10.6 Å². The third-order valence-electron chi connectivity index (χ3n) is 3.76. The molecule has 3 amide bonds. The Morgan fingerprint density at radius 3 is 2.25 bits per heavy atom. The molecule has 2 N–H and O–H groups in total. The van der Waals surface area contributed by atoms with Crippen molar-refractivity contribution in [2.75, 3.05) is 13.6 Å². The zero-order valence-electron chi connectivity index (χ0n) is 17.2. The molecule has 0 fully saturated rings. The van der Waals surface area contributed by atoms with Gasteiger partial charge in [-0.15, -0.1) is 0 Å². The highest BCUT2D eigenvalue weighted by atomic mass is 35.5. The van der Waals surface area contributed by atoms with Gasteiger partial charge >= 0.3 is 0 Å². The van der Waals surface area contributed by atoms with Crippen molar-refractivity contribution in [1.29, 1.82) is 0 Å². The topological polar surface area (TPSA) is 78.5 Å². The summed E-state index contributed by atoms with van der Waals surface area (Å²) in [5.41, 5.74) is -0.154. The van der Waals surface area contributed by atoms with E-state index < -0.39 is 17.5 Å². The fourth-order valence-corrected chi connectivity index (χ4v) is 3.11. The first-order chi connectivity index (χ1) is 12.8. The lowest BCUT2D eigenvalue weighted by molar-refractivity contribution is -0.137. The molecule has 0 radical (unpaired) electrons. The Morgan fingerprint density at radius 2 is 1.75 bits per heavy atom. The summed E-state index contributed by atoms with van der Waals surface area (Å²) < 4.78 is 0. The van der Waals surface area contributed by atoms with Crippen LogP contribution in [-0.2, 0) is 9.59 Å². The van der Waals surface area contributed by atoms with Crippen LogP contribution >= 0.6 is 23.2 Å². The third kappa shape index (κ3) is 8.07. The monoisotopic (exact) mass is 429 g/mol. The van der Waals surface area contributed by atoms with Gasteiger partial charge in [-0.3, -0.25) is 14.4 Å². The average molecular weight is 430 g/mol. The van der Waals surface area contributed by atoms with Gasteiger partial charge in [-0.2, -0.15) is 0 Å². The van der Waals surface area contributed by atoms with E-state index in [1.165, 1.54) is 17.0 Å². The predicted octanol–water partition coefficient (Wildman–Crippen LogP) is 3.51. The number of rotatable bonds is 7. The van der Waals surface area contributed by atoms with Gasteiger partial charge < -0.3 is 15.5 Å². The molecule has 1 aromatic carbocycles. The third-order valence-corrected chi connectivity index (χ3v) is 4.31. The molecule has 156 valence electrons. The number of carbonyl (C=O) groups excluding carboxylic acids is 3. The molecule has 1 atom stereocenters. The lowest BCUT2D eigenvalue weighted by Crippen LogP contribution is -2.52. The SMILES string of the molecule is CC(C)C[C@H](NC(=O)c1ccc(Cl)cc1Cl)C(=O)N(C)CC(=O)NC(C)(C)C. The fraction of sp³-hybridized carbons (Fsp3) is 0.550. The van der Waals surface area contributed by atoms with Crippen molar-refractivity contribution in [1.82, 2.24) is 15.5 Å². The second-order valence-electron chi connectivity index (χ2n) is 8.27. The first-order valence-electron chi connectivity index (χ1n) is 9.12. The van der Waals surface area contributed by atoms with Gasteiger partial charge in [-0.05, 0) is 51.3 Å². The Balaban J connectivity index is 2.89. The van der Waals surface area contributed by atoms with Crippen LogP contribution in [0, 0.1) is 5.92 Å². The van der Waals surface area contributed by atoms with E-state index in [1.807, 2.05) is 34.6 Å². The first-order valence-corrected chi connectivity index (χ1v) is 9.87. The van der Waals surface area contributed by atoms with Gasteiger partial charge in [0.25, 0.3) is 5.91 Å². The Morgan fingerprint density at radius 1 is 1.14 bits per heavy atom. The van der Waals surface area contributed by atoms with E-state index >= 15 is 0 Å². The summed E-state index contributed by atoms with van der Waals surface area (Å²) in [5, 5.41) is 6.18. The van der Waals surface area contributed by atoms with Gasteiger partial charge in [-0.1, -0.05) is 37.0 Å². The van der Waals surface area contributed by atoms with Crippen LogP contribution in [0.2, 0.25) is 10.0 Å². The highest BCUT2D eigenvalue weighted by Gasteiger charge is 2.27. The number of hydrogen-bond acceptors (Lipinski definition) is 3. The summed E-state index contributed by atoms with van der Waals surface area (Å²) in [6.07, 6.45) is 0.432. The molecule has 0 spiro atoms. The van der Waals surface area contributed by atoms with E-state index in [1.54, 1.807) is 13.1 Å². The first kappa shape index (κ1) is 24.2. The number of benzene rings is 1. The molecular weight excluding hydrogens is 401 g/mol. The number of halogens is 2. The lowest BCUT2D eigenvalue weighted by Gasteiger charge is -2.27. The number of nitrogens with zero attached hydrogens (tertiary/aromatic N) is 1. The molecule has 0 aliphatic heterocycles. The molecule has 6 nitrogen and oxygen atoms in total. The minimum atomic E-state index is -0.772. The highest BCUT2D eigenvalue weighted by Crippen LogP contribution is 2.21. The number of likely N-dealkylation sites (N-methyl/N-ethyl adjacent to an activating group) is 1. The molecule has 0 heterocycles. The number of hydrogen-bond donors (Lipinski definition) is 2. The maximum absolute atomic E-state index is 12.9. The van der Waals surface area contributed by atoms with Crippen LogP contribution in [0.5, 0.6) is 0 Å².